The standard InChI is InChI=1S/C12H17NO6S/c1-18-12(19-2)8-13-20(16,17)10-5-3-9(4-6-10)7-11(14)15/h3-6,12-13H,7-8H2,1-2H3,(H,14,15). The molecule has 0 bridgehead atoms. The summed E-state index contributed by atoms with van der Waals surface area (Å²) in [6, 6.07) is 5.64. The Morgan fingerprint density at radius 3 is 2.25 bits per heavy atom. The second kappa shape index (κ2) is 7.34. The van der Waals surface area contributed by atoms with Crippen molar-refractivity contribution >= 4 is 16.0 Å². The fourth-order valence-electron chi connectivity index (χ4n) is 1.49. The van der Waals surface area contributed by atoms with Gasteiger partial charge < -0.3 is 14.6 Å². The maximum absolute atomic E-state index is 12.0. The number of methoxy groups -OCH3 is 2. The highest BCUT2D eigenvalue weighted by atomic mass is 32.2. The molecule has 1 aromatic rings. The first-order chi connectivity index (χ1) is 9.39. The van der Waals surface area contributed by atoms with E-state index in [-0.39, 0.29) is 17.9 Å². The van der Waals surface area contributed by atoms with Crippen LogP contribution in [0.3, 0.4) is 0 Å². The van der Waals surface area contributed by atoms with Crippen molar-refractivity contribution in [2.45, 2.75) is 17.6 Å². The number of rotatable bonds is 8. The molecule has 0 radical (unpaired) electrons. The van der Waals surface area contributed by atoms with Gasteiger partial charge in [0.1, 0.15) is 0 Å². The molecule has 8 heteroatoms. The van der Waals surface area contributed by atoms with E-state index < -0.39 is 22.3 Å². The molecule has 0 saturated carbocycles. The number of carboxylic acid groups (broad SMARTS) is 1. The van der Waals surface area contributed by atoms with Crippen LogP contribution in [0, 0.1) is 0 Å². The molecular formula is C12H17NO6S. The molecule has 0 saturated heterocycles. The molecule has 0 aliphatic carbocycles. The van der Waals surface area contributed by atoms with E-state index in [4.69, 9.17) is 14.6 Å². The van der Waals surface area contributed by atoms with E-state index in [1.807, 2.05) is 0 Å². The van der Waals surface area contributed by atoms with Gasteiger partial charge >= 0.3 is 5.97 Å². The number of nitrogens with one attached hydrogen (secondary N) is 1. The van der Waals surface area contributed by atoms with Crippen LogP contribution >= 0.6 is 0 Å². The summed E-state index contributed by atoms with van der Waals surface area (Å²) in [5.41, 5.74) is 0.531. The molecular weight excluding hydrogens is 286 g/mol. The van der Waals surface area contributed by atoms with Gasteiger partial charge in [0.25, 0.3) is 0 Å². The Morgan fingerprint density at radius 2 is 1.80 bits per heavy atom. The number of hydrogen-bond acceptors (Lipinski definition) is 5. The van der Waals surface area contributed by atoms with Crippen LogP contribution in [0.15, 0.2) is 29.2 Å². The lowest BCUT2D eigenvalue weighted by Crippen LogP contribution is -2.34. The Labute approximate surface area is 117 Å². The first-order valence-electron chi connectivity index (χ1n) is 5.75. The fourth-order valence-corrected chi connectivity index (χ4v) is 2.50. The molecule has 1 aromatic carbocycles. The Morgan fingerprint density at radius 1 is 1.25 bits per heavy atom. The Balaban J connectivity index is 2.75. The largest absolute Gasteiger partial charge is 0.481 e. The predicted octanol–water partition coefficient (Wildman–Crippen LogP) is 0.211. The van der Waals surface area contributed by atoms with Gasteiger partial charge in [-0.2, -0.15) is 0 Å². The molecule has 0 aliphatic heterocycles. The number of hydrogen-bond donors (Lipinski definition) is 2. The zero-order valence-electron chi connectivity index (χ0n) is 11.2. The molecule has 0 unspecified atom stereocenters. The number of ether oxygens (including phenoxy) is 2. The minimum absolute atomic E-state index is 0.0216. The van der Waals surface area contributed by atoms with E-state index in [9.17, 15) is 13.2 Å². The summed E-state index contributed by atoms with van der Waals surface area (Å²) in [4.78, 5) is 10.6. The quantitative estimate of drug-likeness (QED) is 0.666. The summed E-state index contributed by atoms with van der Waals surface area (Å²) in [5, 5.41) is 8.64. The molecule has 20 heavy (non-hydrogen) atoms. The van der Waals surface area contributed by atoms with Crippen molar-refractivity contribution in [2.24, 2.45) is 0 Å². The van der Waals surface area contributed by atoms with Gasteiger partial charge in [0.2, 0.25) is 10.0 Å². The van der Waals surface area contributed by atoms with E-state index in [1.165, 1.54) is 38.5 Å². The number of benzene rings is 1. The SMILES string of the molecule is COC(CNS(=O)(=O)c1ccc(CC(=O)O)cc1)OC. The maximum atomic E-state index is 12.0. The number of aliphatic carboxylic acids is 1. The highest BCUT2D eigenvalue weighted by Gasteiger charge is 2.16. The molecule has 0 heterocycles. The summed E-state index contributed by atoms with van der Waals surface area (Å²) < 4.78 is 36.0. The van der Waals surface area contributed by atoms with Crippen molar-refractivity contribution in [1.82, 2.24) is 4.72 Å². The number of carbonyl (C=O) groups is 1. The zero-order chi connectivity index (χ0) is 15.2. The monoisotopic (exact) mass is 303 g/mol. The van der Waals surface area contributed by atoms with Crippen molar-refractivity contribution in [3.8, 4) is 0 Å². The van der Waals surface area contributed by atoms with Gasteiger partial charge in [-0.25, -0.2) is 13.1 Å². The normalized spacial score (nSPS) is 11.8. The van der Waals surface area contributed by atoms with Crippen molar-refractivity contribution < 1.29 is 27.8 Å². The lowest BCUT2D eigenvalue weighted by atomic mass is 10.2. The van der Waals surface area contributed by atoms with E-state index in [0.717, 1.165) is 0 Å². The molecule has 0 aromatic heterocycles. The molecule has 2 N–H and O–H groups in total. The Hall–Kier alpha value is -1.48. The van der Waals surface area contributed by atoms with Crippen molar-refractivity contribution in [3.05, 3.63) is 29.8 Å². The highest BCUT2D eigenvalue weighted by Crippen LogP contribution is 2.11. The summed E-state index contributed by atoms with van der Waals surface area (Å²) in [7, 11) is -0.866. The van der Waals surface area contributed by atoms with Crippen LogP contribution in [0.5, 0.6) is 0 Å². The minimum atomic E-state index is -3.68. The van der Waals surface area contributed by atoms with Crippen molar-refractivity contribution in [1.29, 1.82) is 0 Å². The maximum Gasteiger partial charge on any atom is 0.307 e. The van der Waals surface area contributed by atoms with Crippen LogP contribution in [0.25, 0.3) is 0 Å². The van der Waals surface area contributed by atoms with E-state index >= 15 is 0 Å². The average molecular weight is 303 g/mol. The Kier molecular flexibility index (Phi) is 6.08. The molecule has 112 valence electrons. The zero-order valence-corrected chi connectivity index (χ0v) is 12.0. The molecule has 0 amide bonds. The molecule has 0 atom stereocenters. The van der Waals surface area contributed by atoms with Gasteiger partial charge in [-0.05, 0) is 17.7 Å². The third kappa shape index (κ3) is 4.89. The number of carboxylic acids is 1. The van der Waals surface area contributed by atoms with Crippen LogP contribution < -0.4 is 4.72 Å². The second-order valence-corrected chi connectivity index (χ2v) is 5.73. The van der Waals surface area contributed by atoms with Gasteiger partial charge in [0.15, 0.2) is 6.29 Å². The van der Waals surface area contributed by atoms with Crippen LogP contribution in [0.1, 0.15) is 5.56 Å². The van der Waals surface area contributed by atoms with Gasteiger partial charge in [-0.3, -0.25) is 4.79 Å². The van der Waals surface area contributed by atoms with Crippen LogP contribution in [-0.2, 0) is 30.7 Å². The molecule has 0 aliphatic rings. The number of sulfonamides is 1. The van der Waals surface area contributed by atoms with Gasteiger partial charge in [-0.15, -0.1) is 0 Å². The van der Waals surface area contributed by atoms with Crippen molar-refractivity contribution in [3.63, 3.8) is 0 Å². The lowest BCUT2D eigenvalue weighted by molar-refractivity contribution is -0.136. The summed E-state index contributed by atoms with van der Waals surface area (Å²) in [6.45, 7) is -0.0216. The van der Waals surface area contributed by atoms with Crippen LogP contribution in [0.2, 0.25) is 0 Å². The summed E-state index contributed by atoms with van der Waals surface area (Å²) in [5.74, 6) is -0.971. The highest BCUT2D eigenvalue weighted by molar-refractivity contribution is 7.89. The van der Waals surface area contributed by atoms with E-state index in [2.05, 4.69) is 4.72 Å². The van der Waals surface area contributed by atoms with Crippen LogP contribution in [-0.4, -0.2) is 46.5 Å². The Bertz CT molecular complexity index is 536. The minimum Gasteiger partial charge on any atom is -0.481 e. The van der Waals surface area contributed by atoms with E-state index in [0.29, 0.717) is 5.56 Å². The van der Waals surface area contributed by atoms with Crippen LogP contribution in [0.4, 0.5) is 0 Å². The van der Waals surface area contributed by atoms with Crippen molar-refractivity contribution in [2.75, 3.05) is 20.8 Å². The predicted molar refractivity (Wildman–Crippen MR) is 70.8 cm³/mol. The topological polar surface area (TPSA) is 102 Å². The third-order valence-corrected chi connectivity index (χ3v) is 3.99. The summed E-state index contributed by atoms with van der Waals surface area (Å²) >= 11 is 0. The van der Waals surface area contributed by atoms with E-state index in [1.54, 1.807) is 0 Å². The molecule has 0 spiro atoms. The molecule has 7 nitrogen and oxygen atoms in total. The third-order valence-electron chi connectivity index (χ3n) is 2.55. The fraction of sp³-hybridized carbons (Fsp3) is 0.417. The second-order valence-electron chi connectivity index (χ2n) is 3.97. The van der Waals surface area contributed by atoms with Gasteiger partial charge in [0, 0.05) is 14.2 Å². The smallest absolute Gasteiger partial charge is 0.307 e. The molecule has 0 fully saturated rings. The summed E-state index contributed by atoms with van der Waals surface area (Å²) in [6.07, 6.45) is -0.820. The van der Waals surface area contributed by atoms with Gasteiger partial charge in [0.05, 0.1) is 17.9 Å². The van der Waals surface area contributed by atoms with Gasteiger partial charge in [-0.1, -0.05) is 12.1 Å². The first kappa shape index (κ1) is 16.6. The first-order valence-corrected chi connectivity index (χ1v) is 7.23. The lowest BCUT2D eigenvalue weighted by Gasteiger charge is -2.14. The average Bonchev–Trinajstić information content (AvgIpc) is 2.39. The molecule has 1 rings (SSSR count).